The van der Waals surface area contributed by atoms with Crippen molar-refractivity contribution < 1.29 is 17.9 Å². The smallest absolute Gasteiger partial charge is 0.243 e. The van der Waals surface area contributed by atoms with Crippen LogP contribution in [0.2, 0.25) is 0 Å². The van der Waals surface area contributed by atoms with Gasteiger partial charge in [-0.1, -0.05) is 18.2 Å². The maximum absolute atomic E-state index is 13.1. The number of carbonyl (C=O) groups is 1. The topological polar surface area (TPSA) is 106 Å². The standard InChI is InChI=1S/C21H29N5O4S2/c1-15(2)30-19-9-8-17(32(28,29)25-10-4-3-5-11-25)12-18(19)23-20(27)13-31-21-24-22-14-26(21)16-6-7-16/h8-9,12,14-16H,3-7,10-11,13H2,1-2H3,(H,23,27). The minimum absolute atomic E-state index is 0.123. The van der Waals surface area contributed by atoms with E-state index in [1.807, 2.05) is 18.4 Å². The van der Waals surface area contributed by atoms with Crippen molar-refractivity contribution in [2.24, 2.45) is 0 Å². The van der Waals surface area contributed by atoms with Crippen molar-refractivity contribution in [2.75, 3.05) is 24.2 Å². The molecule has 2 aromatic rings. The summed E-state index contributed by atoms with van der Waals surface area (Å²) >= 11 is 1.31. The summed E-state index contributed by atoms with van der Waals surface area (Å²) in [6.45, 7) is 4.80. The van der Waals surface area contributed by atoms with Crippen molar-refractivity contribution in [3.63, 3.8) is 0 Å². The predicted molar refractivity (Wildman–Crippen MR) is 122 cm³/mol. The number of nitrogens with zero attached hydrogens (tertiary/aromatic N) is 4. The Hall–Kier alpha value is -2.11. The van der Waals surface area contributed by atoms with E-state index in [1.54, 1.807) is 18.5 Å². The molecule has 1 aromatic heterocycles. The van der Waals surface area contributed by atoms with Crippen LogP contribution in [0.3, 0.4) is 0 Å². The number of benzene rings is 1. The molecule has 1 N–H and O–H groups in total. The molecule has 1 aromatic carbocycles. The van der Waals surface area contributed by atoms with E-state index in [1.165, 1.54) is 22.1 Å². The molecule has 2 aliphatic rings. The van der Waals surface area contributed by atoms with E-state index in [4.69, 9.17) is 4.74 Å². The largest absolute Gasteiger partial charge is 0.489 e. The van der Waals surface area contributed by atoms with Gasteiger partial charge in [0.2, 0.25) is 15.9 Å². The average molecular weight is 480 g/mol. The van der Waals surface area contributed by atoms with Gasteiger partial charge in [-0.05, 0) is 57.7 Å². The fourth-order valence-corrected chi connectivity index (χ4v) is 5.96. The lowest BCUT2D eigenvalue weighted by molar-refractivity contribution is -0.113. The van der Waals surface area contributed by atoms with Gasteiger partial charge in [-0.25, -0.2) is 8.42 Å². The molecule has 174 valence electrons. The van der Waals surface area contributed by atoms with Gasteiger partial charge < -0.3 is 14.6 Å². The Morgan fingerprint density at radius 1 is 1.25 bits per heavy atom. The molecule has 1 saturated heterocycles. The molecule has 0 spiro atoms. The van der Waals surface area contributed by atoms with Crippen molar-refractivity contribution in [2.45, 2.75) is 68.1 Å². The number of amides is 1. The normalized spacial score (nSPS) is 17.5. The van der Waals surface area contributed by atoms with E-state index < -0.39 is 10.0 Å². The average Bonchev–Trinajstić information content (AvgIpc) is 3.51. The van der Waals surface area contributed by atoms with Crippen LogP contribution in [0.4, 0.5) is 5.69 Å². The summed E-state index contributed by atoms with van der Waals surface area (Å²) in [6.07, 6.45) is 6.54. The highest BCUT2D eigenvalue weighted by Gasteiger charge is 2.28. The molecule has 11 heteroatoms. The molecule has 2 heterocycles. The number of ether oxygens (including phenoxy) is 1. The molecule has 0 bridgehead atoms. The van der Waals surface area contributed by atoms with Crippen molar-refractivity contribution in [1.82, 2.24) is 19.1 Å². The molecule has 1 aliphatic carbocycles. The molecular weight excluding hydrogens is 450 g/mol. The maximum Gasteiger partial charge on any atom is 0.243 e. The summed E-state index contributed by atoms with van der Waals surface area (Å²) in [5.74, 6) is 0.314. The molecule has 0 unspecified atom stereocenters. The summed E-state index contributed by atoms with van der Waals surface area (Å²) in [5, 5.41) is 11.6. The lowest BCUT2D eigenvalue weighted by atomic mass is 10.2. The van der Waals surface area contributed by atoms with Crippen LogP contribution in [-0.4, -0.2) is 58.3 Å². The maximum atomic E-state index is 13.1. The van der Waals surface area contributed by atoms with Gasteiger partial charge in [0.1, 0.15) is 12.1 Å². The monoisotopic (exact) mass is 479 g/mol. The molecule has 0 radical (unpaired) electrons. The van der Waals surface area contributed by atoms with E-state index in [9.17, 15) is 13.2 Å². The summed E-state index contributed by atoms with van der Waals surface area (Å²) in [7, 11) is -3.62. The number of hydrogen-bond acceptors (Lipinski definition) is 7. The molecule has 1 aliphatic heterocycles. The van der Waals surface area contributed by atoms with E-state index in [0.29, 0.717) is 35.7 Å². The number of rotatable bonds is 9. The molecule has 0 atom stereocenters. The Kier molecular flexibility index (Phi) is 7.06. The van der Waals surface area contributed by atoms with Crippen LogP contribution in [0.5, 0.6) is 5.75 Å². The van der Waals surface area contributed by atoms with E-state index >= 15 is 0 Å². The summed E-state index contributed by atoms with van der Waals surface area (Å²) in [5.41, 5.74) is 0.353. The van der Waals surface area contributed by atoms with Crippen molar-refractivity contribution in [3.05, 3.63) is 24.5 Å². The van der Waals surface area contributed by atoms with E-state index in [-0.39, 0.29) is 22.7 Å². The molecule has 1 saturated carbocycles. The molecule has 1 amide bonds. The SMILES string of the molecule is CC(C)Oc1ccc(S(=O)(=O)N2CCCCC2)cc1NC(=O)CSc1nncn1C1CC1. The number of piperidine rings is 1. The fraction of sp³-hybridized carbons (Fsp3) is 0.571. The zero-order valence-electron chi connectivity index (χ0n) is 18.4. The third kappa shape index (κ3) is 5.44. The van der Waals surface area contributed by atoms with Crippen molar-refractivity contribution in [3.8, 4) is 5.75 Å². The zero-order chi connectivity index (χ0) is 22.7. The van der Waals surface area contributed by atoms with Gasteiger partial charge in [-0.15, -0.1) is 10.2 Å². The van der Waals surface area contributed by atoms with Gasteiger partial charge in [0.25, 0.3) is 0 Å². The third-order valence-corrected chi connectivity index (χ3v) is 8.21. The molecule has 32 heavy (non-hydrogen) atoms. The number of carbonyl (C=O) groups excluding carboxylic acids is 1. The van der Waals surface area contributed by atoms with Crippen LogP contribution >= 0.6 is 11.8 Å². The van der Waals surface area contributed by atoms with Crippen LogP contribution in [-0.2, 0) is 14.8 Å². The first-order valence-corrected chi connectivity index (χ1v) is 13.4. The zero-order valence-corrected chi connectivity index (χ0v) is 20.0. The first-order chi connectivity index (χ1) is 15.3. The van der Waals surface area contributed by atoms with Gasteiger partial charge in [-0.2, -0.15) is 4.31 Å². The Bertz CT molecular complexity index is 1060. The van der Waals surface area contributed by atoms with Crippen molar-refractivity contribution in [1.29, 1.82) is 0 Å². The second-order valence-electron chi connectivity index (χ2n) is 8.38. The Morgan fingerprint density at radius 2 is 2.00 bits per heavy atom. The predicted octanol–water partition coefficient (Wildman–Crippen LogP) is 3.31. The highest BCUT2D eigenvalue weighted by Crippen LogP contribution is 2.37. The van der Waals surface area contributed by atoms with Gasteiger partial charge in [0.05, 0.1) is 22.4 Å². The number of thioether (sulfide) groups is 1. The fourth-order valence-electron chi connectivity index (χ4n) is 3.63. The number of aromatic nitrogens is 3. The third-order valence-electron chi connectivity index (χ3n) is 5.35. The lowest BCUT2D eigenvalue weighted by Gasteiger charge is -2.26. The van der Waals surface area contributed by atoms with Crippen molar-refractivity contribution >= 4 is 33.4 Å². The Labute approximate surface area is 193 Å². The van der Waals surface area contributed by atoms with E-state index in [2.05, 4.69) is 15.5 Å². The van der Waals surface area contributed by atoms with Gasteiger partial charge in [-0.3, -0.25) is 4.79 Å². The van der Waals surface area contributed by atoms with Crippen LogP contribution in [0.15, 0.2) is 34.6 Å². The minimum Gasteiger partial charge on any atom is -0.489 e. The van der Waals surface area contributed by atoms with E-state index in [0.717, 1.165) is 32.1 Å². The van der Waals surface area contributed by atoms with Crippen LogP contribution in [0, 0.1) is 0 Å². The van der Waals surface area contributed by atoms with Crippen LogP contribution < -0.4 is 10.1 Å². The first-order valence-electron chi connectivity index (χ1n) is 11.0. The molecular formula is C21H29N5O4S2. The molecule has 9 nitrogen and oxygen atoms in total. The second-order valence-corrected chi connectivity index (χ2v) is 11.3. The summed E-state index contributed by atoms with van der Waals surface area (Å²) in [4.78, 5) is 12.9. The number of nitrogens with one attached hydrogen (secondary N) is 1. The molecule has 2 fully saturated rings. The first kappa shape index (κ1) is 23.1. The number of hydrogen-bond donors (Lipinski definition) is 1. The second kappa shape index (κ2) is 9.80. The summed E-state index contributed by atoms with van der Waals surface area (Å²) in [6, 6.07) is 5.09. The van der Waals surface area contributed by atoms with Crippen LogP contribution in [0.1, 0.15) is 52.0 Å². The Balaban J connectivity index is 1.50. The Morgan fingerprint density at radius 3 is 2.69 bits per heavy atom. The minimum atomic E-state index is -3.62. The van der Waals surface area contributed by atoms with Gasteiger partial charge >= 0.3 is 0 Å². The van der Waals surface area contributed by atoms with Crippen LogP contribution in [0.25, 0.3) is 0 Å². The highest BCUT2D eigenvalue weighted by atomic mass is 32.2. The quantitative estimate of drug-likeness (QED) is 0.550. The van der Waals surface area contributed by atoms with Gasteiger partial charge in [0, 0.05) is 19.1 Å². The number of sulfonamides is 1. The van der Waals surface area contributed by atoms with Gasteiger partial charge in [0.15, 0.2) is 5.16 Å². The summed E-state index contributed by atoms with van der Waals surface area (Å²) < 4.78 is 35.5. The number of anilines is 1. The lowest BCUT2D eigenvalue weighted by Crippen LogP contribution is -2.35. The molecule has 4 rings (SSSR count). The highest BCUT2D eigenvalue weighted by molar-refractivity contribution is 7.99.